The van der Waals surface area contributed by atoms with Crippen LogP contribution in [0, 0.1) is 19.7 Å². The van der Waals surface area contributed by atoms with Crippen molar-refractivity contribution in [3.05, 3.63) is 88.2 Å². The van der Waals surface area contributed by atoms with E-state index in [2.05, 4.69) is 0 Å². The first-order valence-electron chi connectivity index (χ1n) is 11.7. The summed E-state index contributed by atoms with van der Waals surface area (Å²) in [5.74, 6) is -1.68. The molecule has 5 nitrogen and oxygen atoms in total. The van der Waals surface area contributed by atoms with Gasteiger partial charge in [0.1, 0.15) is 5.82 Å². The summed E-state index contributed by atoms with van der Waals surface area (Å²) >= 11 is 0. The Bertz CT molecular complexity index is 1270. The summed E-state index contributed by atoms with van der Waals surface area (Å²) in [6, 6.07) is 15.3. The number of carboxylic acids is 1. The SMILES string of the molecule is Cc1ccc(-c2c3c(cc(C)c2C(OC(C)(C)C)C(=O)O)N(C(=O)c2ccc(F)cc2)CC3)cc1. The first kappa shape index (κ1) is 24.6. The van der Waals surface area contributed by atoms with E-state index in [1.165, 1.54) is 24.3 Å². The highest BCUT2D eigenvalue weighted by atomic mass is 19.1. The summed E-state index contributed by atoms with van der Waals surface area (Å²) in [6.07, 6.45) is -0.598. The zero-order valence-electron chi connectivity index (χ0n) is 20.7. The number of benzene rings is 3. The van der Waals surface area contributed by atoms with Gasteiger partial charge in [-0.3, -0.25) is 4.79 Å². The molecule has 0 spiro atoms. The molecule has 1 aliphatic heterocycles. The molecule has 0 radical (unpaired) electrons. The molecule has 0 aromatic heterocycles. The average molecular weight is 476 g/mol. The first-order valence-corrected chi connectivity index (χ1v) is 11.7. The predicted molar refractivity (Wildman–Crippen MR) is 134 cm³/mol. The molecule has 1 amide bonds. The number of halogens is 1. The Morgan fingerprint density at radius 1 is 1.03 bits per heavy atom. The van der Waals surface area contributed by atoms with E-state index in [0.717, 1.165) is 33.5 Å². The number of ether oxygens (including phenoxy) is 1. The smallest absolute Gasteiger partial charge is 0.337 e. The third-order valence-electron chi connectivity index (χ3n) is 6.17. The molecule has 35 heavy (non-hydrogen) atoms. The quantitative estimate of drug-likeness (QED) is 0.473. The third kappa shape index (κ3) is 4.98. The normalized spacial score (nSPS) is 14.1. The summed E-state index contributed by atoms with van der Waals surface area (Å²) in [4.78, 5) is 27.4. The lowest BCUT2D eigenvalue weighted by atomic mass is 9.86. The van der Waals surface area contributed by atoms with E-state index in [-0.39, 0.29) is 5.91 Å². The van der Waals surface area contributed by atoms with Crippen molar-refractivity contribution in [3.8, 4) is 11.1 Å². The Labute approximate surface area is 205 Å². The molecule has 1 atom stereocenters. The number of aliphatic carboxylic acids is 1. The van der Waals surface area contributed by atoms with Crippen molar-refractivity contribution in [1.29, 1.82) is 0 Å². The van der Waals surface area contributed by atoms with Crippen molar-refractivity contribution in [2.45, 2.75) is 52.7 Å². The van der Waals surface area contributed by atoms with Gasteiger partial charge in [-0.15, -0.1) is 0 Å². The largest absolute Gasteiger partial charge is 0.479 e. The molecule has 0 saturated carbocycles. The summed E-state index contributed by atoms with van der Waals surface area (Å²) in [5.41, 5.74) is 5.48. The fourth-order valence-corrected chi connectivity index (χ4v) is 4.63. The van der Waals surface area contributed by atoms with E-state index in [1.54, 1.807) is 4.90 Å². The first-order chi connectivity index (χ1) is 16.5. The lowest BCUT2D eigenvalue weighted by Crippen LogP contribution is -2.29. The van der Waals surface area contributed by atoms with Crippen LogP contribution in [-0.2, 0) is 16.0 Å². The molecule has 3 aromatic carbocycles. The fourth-order valence-electron chi connectivity index (χ4n) is 4.63. The number of aryl methyl sites for hydroxylation is 2. The molecule has 1 aliphatic rings. The number of carboxylic acid groups (broad SMARTS) is 1. The van der Waals surface area contributed by atoms with Crippen LogP contribution in [-0.4, -0.2) is 29.1 Å². The Morgan fingerprint density at radius 2 is 1.66 bits per heavy atom. The van der Waals surface area contributed by atoms with Gasteiger partial charge < -0.3 is 14.7 Å². The van der Waals surface area contributed by atoms with Crippen molar-refractivity contribution in [3.63, 3.8) is 0 Å². The highest BCUT2D eigenvalue weighted by molar-refractivity contribution is 6.08. The summed E-state index contributed by atoms with van der Waals surface area (Å²) in [5, 5.41) is 10.2. The Morgan fingerprint density at radius 3 is 2.23 bits per heavy atom. The second-order valence-corrected chi connectivity index (χ2v) is 10.0. The third-order valence-corrected chi connectivity index (χ3v) is 6.17. The van der Waals surface area contributed by atoms with E-state index >= 15 is 0 Å². The molecular formula is C29H30FNO4. The molecule has 0 bridgehead atoms. The molecule has 3 aromatic rings. The van der Waals surface area contributed by atoms with Gasteiger partial charge in [-0.25, -0.2) is 9.18 Å². The van der Waals surface area contributed by atoms with Crippen LogP contribution in [0.5, 0.6) is 0 Å². The molecule has 6 heteroatoms. The molecule has 4 rings (SSSR count). The molecule has 182 valence electrons. The monoisotopic (exact) mass is 475 g/mol. The number of carbonyl (C=O) groups excluding carboxylic acids is 1. The van der Waals surface area contributed by atoms with E-state index in [0.29, 0.717) is 24.1 Å². The average Bonchev–Trinajstić information content (AvgIpc) is 3.20. The molecule has 0 aliphatic carbocycles. The van der Waals surface area contributed by atoms with Gasteiger partial charge in [0.15, 0.2) is 6.10 Å². The Hall–Kier alpha value is -3.51. The van der Waals surface area contributed by atoms with Crippen molar-refractivity contribution < 1.29 is 23.8 Å². The molecule has 1 heterocycles. The summed E-state index contributed by atoms with van der Waals surface area (Å²) < 4.78 is 19.5. The van der Waals surface area contributed by atoms with Gasteiger partial charge in [-0.05, 0) is 93.6 Å². The maximum absolute atomic E-state index is 13.4. The Balaban J connectivity index is 1.92. The second-order valence-electron chi connectivity index (χ2n) is 10.0. The van der Waals surface area contributed by atoms with E-state index in [9.17, 15) is 19.1 Å². The minimum Gasteiger partial charge on any atom is -0.479 e. The second kappa shape index (κ2) is 9.27. The number of hydrogen-bond acceptors (Lipinski definition) is 3. The van der Waals surface area contributed by atoms with Gasteiger partial charge in [-0.1, -0.05) is 29.8 Å². The minimum absolute atomic E-state index is 0.216. The fraction of sp³-hybridized carbons (Fsp3) is 0.310. The van der Waals surface area contributed by atoms with E-state index < -0.39 is 23.5 Å². The van der Waals surface area contributed by atoms with Gasteiger partial charge in [0, 0.05) is 23.4 Å². The molecule has 0 fully saturated rings. The van der Waals surface area contributed by atoms with E-state index in [4.69, 9.17) is 4.74 Å². The van der Waals surface area contributed by atoms with Gasteiger partial charge >= 0.3 is 5.97 Å². The number of carbonyl (C=O) groups is 2. The highest BCUT2D eigenvalue weighted by Crippen LogP contribution is 2.44. The van der Waals surface area contributed by atoms with Crippen molar-refractivity contribution in [1.82, 2.24) is 0 Å². The zero-order valence-corrected chi connectivity index (χ0v) is 20.7. The van der Waals surface area contributed by atoms with Gasteiger partial charge in [0.25, 0.3) is 5.91 Å². The zero-order chi connectivity index (χ0) is 25.5. The number of anilines is 1. The molecule has 1 unspecified atom stereocenters. The lowest BCUT2D eigenvalue weighted by molar-refractivity contribution is -0.160. The minimum atomic E-state index is -1.17. The van der Waals surface area contributed by atoms with Crippen LogP contribution in [0.25, 0.3) is 11.1 Å². The maximum atomic E-state index is 13.4. The maximum Gasteiger partial charge on any atom is 0.337 e. The van der Waals surface area contributed by atoms with Crippen molar-refractivity contribution in [2.24, 2.45) is 0 Å². The van der Waals surface area contributed by atoms with E-state index in [1.807, 2.05) is 65.0 Å². The molecule has 0 saturated heterocycles. The van der Waals surface area contributed by atoms with Crippen LogP contribution in [0.2, 0.25) is 0 Å². The Kier molecular flexibility index (Phi) is 6.52. The summed E-state index contributed by atoms with van der Waals surface area (Å²) in [6.45, 7) is 9.80. The van der Waals surface area contributed by atoms with Gasteiger partial charge in [-0.2, -0.15) is 0 Å². The predicted octanol–water partition coefficient (Wildman–Crippen LogP) is 6.25. The van der Waals surface area contributed by atoms with Crippen LogP contribution in [0.15, 0.2) is 54.6 Å². The number of hydrogen-bond donors (Lipinski definition) is 1. The van der Waals surface area contributed by atoms with Crippen LogP contribution in [0.3, 0.4) is 0 Å². The number of fused-ring (bicyclic) bond motifs is 1. The van der Waals surface area contributed by atoms with Crippen LogP contribution in [0.4, 0.5) is 10.1 Å². The molecular weight excluding hydrogens is 445 g/mol. The van der Waals surface area contributed by atoms with Gasteiger partial charge in [0.05, 0.1) is 5.60 Å². The number of rotatable bonds is 5. The number of nitrogens with zero attached hydrogens (tertiary/aromatic N) is 1. The number of amides is 1. The van der Waals surface area contributed by atoms with Crippen molar-refractivity contribution in [2.75, 3.05) is 11.4 Å². The van der Waals surface area contributed by atoms with Crippen LogP contribution >= 0.6 is 0 Å². The lowest BCUT2D eigenvalue weighted by Gasteiger charge is -2.29. The molecule has 1 N–H and O–H groups in total. The van der Waals surface area contributed by atoms with Gasteiger partial charge in [0.2, 0.25) is 0 Å². The van der Waals surface area contributed by atoms with Crippen LogP contribution in [0.1, 0.15) is 59.5 Å². The standard InChI is InChI=1S/C29H30FNO4/c1-17-6-8-19(9-7-17)25-22-14-15-31(27(32)20-10-12-21(30)13-11-20)23(22)16-18(2)24(25)26(28(33)34)35-29(3,4)5/h6-13,16,26H,14-15H2,1-5H3,(H,33,34). The van der Waals surface area contributed by atoms with Crippen LogP contribution < -0.4 is 4.90 Å². The highest BCUT2D eigenvalue weighted by Gasteiger charge is 2.36. The summed E-state index contributed by atoms with van der Waals surface area (Å²) in [7, 11) is 0. The topological polar surface area (TPSA) is 66.8 Å². The van der Waals surface area contributed by atoms with Crippen molar-refractivity contribution >= 4 is 17.6 Å².